The van der Waals surface area contributed by atoms with E-state index in [-0.39, 0.29) is 11.2 Å². The van der Waals surface area contributed by atoms with Crippen LogP contribution in [-0.4, -0.2) is 36.3 Å². The van der Waals surface area contributed by atoms with Crippen LogP contribution in [0.4, 0.5) is 4.39 Å². The number of rotatable bonds is 6. The monoisotopic (exact) mass is 319 g/mol. The normalized spacial score (nSPS) is 21.4. The molecule has 2 aliphatic rings. The minimum atomic E-state index is -0.609. The fourth-order valence-corrected chi connectivity index (χ4v) is 3.10. The minimum absolute atomic E-state index is 0.0195. The quantitative estimate of drug-likeness (QED) is 0.557. The van der Waals surface area contributed by atoms with Crippen molar-refractivity contribution in [3.8, 4) is 0 Å². The molecule has 5 heteroatoms. The highest BCUT2D eigenvalue weighted by Crippen LogP contribution is 2.47. The van der Waals surface area contributed by atoms with Crippen molar-refractivity contribution in [2.75, 3.05) is 19.6 Å². The summed E-state index contributed by atoms with van der Waals surface area (Å²) in [6.45, 7) is 3.97. The van der Waals surface area contributed by atoms with Crippen LogP contribution in [0.15, 0.2) is 29.3 Å². The molecule has 2 aliphatic carbocycles. The molecule has 0 atom stereocenters. The predicted octanol–water partition coefficient (Wildman–Crippen LogP) is 2.33. The van der Waals surface area contributed by atoms with Gasteiger partial charge in [0.2, 0.25) is 0 Å². The second-order valence-electron chi connectivity index (χ2n) is 6.92. The van der Waals surface area contributed by atoms with Crippen molar-refractivity contribution in [1.82, 2.24) is 10.6 Å². The first-order valence-corrected chi connectivity index (χ1v) is 8.56. The van der Waals surface area contributed by atoms with E-state index in [2.05, 4.69) is 15.6 Å². The van der Waals surface area contributed by atoms with Gasteiger partial charge in [-0.1, -0.05) is 12.1 Å². The fraction of sp³-hybridized carbons (Fsp3) is 0.611. The Kier molecular flexibility index (Phi) is 4.57. The third-order valence-electron chi connectivity index (χ3n) is 5.04. The number of hydrogen-bond donors (Lipinski definition) is 3. The first-order chi connectivity index (χ1) is 11.1. The Bertz CT molecular complexity index is 579. The van der Waals surface area contributed by atoms with Crippen molar-refractivity contribution in [3.05, 3.63) is 35.6 Å². The van der Waals surface area contributed by atoms with E-state index in [9.17, 15) is 9.50 Å². The van der Waals surface area contributed by atoms with Crippen molar-refractivity contribution in [1.29, 1.82) is 0 Å². The maximum absolute atomic E-state index is 13.5. The molecule has 126 valence electrons. The fourth-order valence-electron chi connectivity index (χ4n) is 3.10. The summed E-state index contributed by atoms with van der Waals surface area (Å²) in [5.41, 5.74) is 0.465. The average Bonchev–Trinajstić information content (AvgIpc) is 3.29. The van der Waals surface area contributed by atoms with Crippen molar-refractivity contribution >= 4 is 5.96 Å². The smallest absolute Gasteiger partial charge is 0.191 e. The molecule has 0 spiro atoms. The second kappa shape index (κ2) is 6.48. The first kappa shape index (κ1) is 16.2. The third kappa shape index (κ3) is 3.83. The Morgan fingerprint density at radius 1 is 1.26 bits per heavy atom. The number of hydrogen-bond acceptors (Lipinski definition) is 2. The molecule has 3 rings (SSSR count). The van der Waals surface area contributed by atoms with Crippen LogP contribution in [0.3, 0.4) is 0 Å². The Labute approximate surface area is 137 Å². The number of benzene rings is 1. The van der Waals surface area contributed by atoms with Gasteiger partial charge < -0.3 is 15.7 Å². The summed E-state index contributed by atoms with van der Waals surface area (Å²) in [6.07, 6.45) is 4.88. The average molecular weight is 319 g/mol. The molecule has 0 heterocycles. The molecule has 1 aromatic carbocycles. The van der Waals surface area contributed by atoms with Crippen LogP contribution >= 0.6 is 0 Å². The van der Waals surface area contributed by atoms with Crippen molar-refractivity contribution < 1.29 is 9.50 Å². The van der Waals surface area contributed by atoms with Gasteiger partial charge in [-0.05, 0) is 56.7 Å². The van der Waals surface area contributed by atoms with E-state index in [1.165, 1.54) is 6.07 Å². The third-order valence-corrected chi connectivity index (χ3v) is 5.04. The van der Waals surface area contributed by atoms with Crippen LogP contribution in [0.2, 0.25) is 0 Å². The number of guanidine groups is 1. The van der Waals surface area contributed by atoms with Gasteiger partial charge in [-0.3, -0.25) is 4.99 Å². The summed E-state index contributed by atoms with van der Waals surface area (Å²) in [7, 11) is 0. The van der Waals surface area contributed by atoms with E-state index >= 15 is 0 Å². The van der Waals surface area contributed by atoms with Crippen LogP contribution in [0, 0.1) is 5.82 Å². The summed E-state index contributed by atoms with van der Waals surface area (Å²) in [6, 6.07) is 6.89. The van der Waals surface area contributed by atoms with Gasteiger partial charge in [0.05, 0.1) is 12.1 Å². The molecular weight excluding hydrogens is 293 g/mol. The number of aliphatic imine (C=N–C) groups is 1. The van der Waals surface area contributed by atoms with Crippen molar-refractivity contribution in [3.63, 3.8) is 0 Å². The SMILES string of the molecule is CCNC(=NCC1(O)CCC1)NCC1(c2cccc(F)c2)CC1. The Hall–Kier alpha value is -1.62. The van der Waals surface area contributed by atoms with Gasteiger partial charge in [-0.2, -0.15) is 0 Å². The largest absolute Gasteiger partial charge is 0.388 e. The van der Waals surface area contributed by atoms with Gasteiger partial charge in [-0.15, -0.1) is 0 Å². The molecular formula is C18H26FN3O. The topological polar surface area (TPSA) is 56.7 Å². The number of nitrogens with zero attached hydrogens (tertiary/aromatic N) is 1. The zero-order valence-corrected chi connectivity index (χ0v) is 13.7. The van der Waals surface area contributed by atoms with Crippen molar-refractivity contribution in [2.24, 2.45) is 4.99 Å². The highest BCUT2D eigenvalue weighted by Gasteiger charge is 2.44. The number of nitrogens with one attached hydrogen (secondary N) is 2. The number of aliphatic hydroxyl groups is 1. The van der Waals surface area contributed by atoms with E-state index in [0.29, 0.717) is 6.54 Å². The first-order valence-electron chi connectivity index (χ1n) is 8.56. The summed E-state index contributed by atoms with van der Waals surface area (Å²) in [5, 5.41) is 16.8. The molecule has 0 saturated heterocycles. The Morgan fingerprint density at radius 2 is 2.04 bits per heavy atom. The molecule has 0 aliphatic heterocycles. The lowest BCUT2D eigenvalue weighted by atomic mass is 9.80. The lowest BCUT2D eigenvalue weighted by molar-refractivity contribution is -0.0236. The van der Waals surface area contributed by atoms with Gasteiger partial charge in [0.15, 0.2) is 5.96 Å². The summed E-state index contributed by atoms with van der Waals surface area (Å²) in [4.78, 5) is 4.52. The Morgan fingerprint density at radius 3 is 2.61 bits per heavy atom. The zero-order chi connectivity index (χ0) is 16.3. The molecule has 2 fully saturated rings. The Balaban J connectivity index is 1.61. The van der Waals surface area contributed by atoms with Gasteiger partial charge in [0.25, 0.3) is 0 Å². The van der Waals surface area contributed by atoms with Gasteiger partial charge >= 0.3 is 0 Å². The van der Waals surface area contributed by atoms with Crippen LogP contribution in [0.5, 0.6) is 0 Å². The highest BCUT2D eigenvalue weighted by molar-refractivity contribution is 5.80. The van der Waals surface area contributed by atoms with E-state index in [0.717, 1.165) is 56.7 Å². The molecule has 0 aromatic heterocycles. The molecule has 23 heavy (non-hydrogen) atoms. The molecule has 1 aromatic rings. The minimum Gasteiger partial charge on any atom is -0.388 e. The predicted molar refractivity (Wildman–Crippen MR) is 90.1 cm³/mol. The van der Waals surface area contributed by atoms with Crippen LogP contribution in [0.25, 0.3) is 0 Å². The van der Waals surface area contributed by atoms with E-state index in [1.807, 2.05) is 13.0 Å². The zero-order valence-electron chi connectivity index (χ0n) is 13.7. The summed E-state index contributed by atoms with van der Waals surface area (Å²) < 4.78 is 13.5. The molecule has 2 saturated carbocycles. The lowest BCUT2D eigenvalue weighted by Crippen LogP contribution is -2.44. The maximum atomic E-state index is 13.5. The van der Waals surface area contributed by atoms with E-state index < -0.39 is 5.60 Å². The van der Waals surface area contributed by atoms with Crippen molar-refractivity contribution in [2.45, 2.75) is 50.0 Å². The molecule has 0 unspecified atom stereocenters. The van der Waals surface area contributed by atoms with E-state index in [4.69, 9.17) is 0 Å². The lowest BCUT2D eigenvalue weighted by Gasteiger charge is -2.35. The molecule has 0 radical (unpaired) electrons. The van der Waals surface area contributed by atoms with Gasteiger partial charge in [-0.25, -0.2) is 4.39 Å². The van der Waals surface area contributed by atoms with Gasteiger partial charge in [0, 0.05) is 18.5 Å². The van der Waals surface area contributed by atoms with Crippen LogP contribution in [-0.2, 0) is 5.41 Å². The summed E-state index contributed by atoms with van der Waals surface area (Å²) >= 11 is 0. The molecule has 4 nitrogen and oxygen atoms in total. The number of halogens is 1. The molecule has 0 amide bonds. The van der Waals surface area contributed by atoms with Crippen LogP contribution < -0.4 is 10.6 Å². The second-order valence-corrected chi connectivity index (χ2v) is 6.92. The van der Waals surface area contributed by atoms with E-state index in [1.54, 1.807) is 12.1 Å². The molecule has 3 N–H and O–H groups in total. The highest BCUT2D eigenvalue weighted by atomic mass is 19.1. The molecule has 0 bridgehead atoms. The van der Waals surface area contributed by atoms with Crippen LogP contribution in [0.1, 0.15) is 44.6 Å². The van der Waals surface area contributed by atoms with Gasteiger partial charge in [0.1, 0.15) is 5.82 Å². The summed E-state index contributed by atoms with van der Waals surface area (Å²) in [5.74, 6) is 0.553. The standard InChI is InChI=1S/C18H26FN3O/c1-2-20-16(22-13-18(23)7-4-8-18)21-12-17(9-10-17)14-5-3-6-15(19)11-14/h3,5-6,11,23H,2,4,7-10,12-13H2,1H3,(H2,20,21,22). The maximum Gasteiger partial charge on any atom is 0.191 e.